The lowest BCUT2D eigenvalue weighted by atomic mass is 10.2. The van der Waals surface area contributed by atoms with Crippen molar-refractivity contribution in [1.29, 1.82) is 0 Å². The minimum atomic E-state index is 0. The van der Waals surface area contributed by atoms with E-state index in [0.29, 0.717) is 6.54 Å². The van der Waals surface area contributed by atoms with Crippen LogP contribution in [0.15, 0.2) is 51.3 Å². The highest BCUT2D eigenvalue weighted by Crippen LogP contribution is 2.25. The quantitative estimate of drug-likeness (QED) is 0.287. The standard InChI is InChI=1S/C16H22BrN3S.HI/c1-13(17)10-19-16(18-2)20-9-8-14(11-20)12-21-15-6-4-3-5-7-15;/h3-7,14H,1,8-12H2,2H3,(H,18,19);1H. The zero-order chi connectivity index (χ0) is 15.1. The SMILES string of the molecule is C=C(Br)CNC(=NC)N1CCC(CSc2ccccc2)C1.I. The summed E-state index contributed by atoms with van der Waals surface area (Å²) >= 11 is 5.32. The second kappa shape index (κ2) is 10.5. The summed E-state index contributed by atoms with van der Waals surface area (Å²) in [6.07, 6.45) is 1.23. The molecule has 1 N–H and O–H groups in total. The first kappa shape index (κ1) is 19.8. The summed E-state index contributed by atoms with van der Waals surface area (Å²) in [5.74, 6) is 2.87. The third kappa shape index (κ3) is 6.50. The average molecular weight is 496 g/mol. The van der Waals surface area contributed by atoms with Gasteiger partial charge in [-0.3, -0.25) is 4.99 Å². The molecule has 1 aliphatic heterocycles. The summed E-state index contributed by atoms with van der Waals surface area (Å²) in [5.41, 5.74) is 0. The second-order valence-electron chi connectivity index (χ2n) is 5.14. The molecule has 1 aliphatic rings. The van der Waals surface area contributed by atoms with Gasteiger partial charge in [-0.25, -0.2) is 0 Å². The first-order valence-corrected chi connectivity index (χ1v) is 8.93. The van der Waals surface area contributed by atoms with E-state index in [9.17, 15) is 0 Å². The van der Waals surface area contributed by atoms with Gasteiger partial charge in [0.05, 0.1) is 0 Å². The number of halogens is 2. The van der Waals surface area contributed by atoms with Gasteiger partial charge in [0.2, 0.25) is 0 Å². The molecule has 0 aromatic heterocycles. The molecule has 0 radical (unpaired) electrons. The zero-order valence-corrected chi connectivity index (χ0v) is 17.5. The monoisotopic (exact) mass is 495 g/mol. The molecule has 0 saturated carbocycles. The van der Waals surface area contributed by atoms with Crippen molar-refractivity contribution in [2.24, 2.45) is 10.9 Å². The number of hydrogen-bond donors (Lipinski definition) is 1. The predicted octanol–water partition coefficient (Wildman–Crippen LogP) is 4.20. The first-order valence-electron chi connectivity index (χ1n) is 7.15. The Hall–Kier alpha value is -0.210. The minimum Gasteiger partial charge on any atom is -0.352 e. The predicted molar refractivity (Wildman–Crippen MR) is 112 cm³/mol. The van der Waals surface area contributed by atoms with Crippen molar-refractivity contribution in [3.63, 3.8) is 0 Å². The van der Waals surface area contributed by atoms with E-state index in [0.717, 1.165) is 29.4 Å². The summed E-state index contributed by atoms with van der Waals surface area (Å²) in [5, 5.41) is 3.33. The highest BCUT2D eigenvalue weighted by Gasteiger charge is 2.24. The Morgan fingerprint density at radius 3 is 2.82 bits per heavy atom. The van der Waals surface area contributed by atoms with E-state index >= 15 is 0 Å². The Morgan fingerprint density at radius 1 is 1.45 bits per heavy atom. The summed E-state index contributed by atoms with van der Waals surface area (Å²) in [6.45, 7) is 6.71. The molecule has 0 aliphatic carbocycles. The van der Waals surface area contributed by atoms with Crippen LogP contribution in [0.4, 0.5) is 0 Å². The fourth-order valence-electron chi connectivity index (χ4n) is 2.40. The molecule has 122 valence electrons. The summed E-state index contributed by atoms with van der Waals surface area (Å²) in [4.78, 5) is 8.05. The summed E-state index contributed by atoms with van der Waals surface area (Å²) < 4.78 is 0.944. The van der Waals surface area contributed by atoms with Crippen LogP contribution in [-0.2, 0) is 0 Å². The topological polar surface area (TPSA) is 27.6 Å². The van der Waals surface area contributed by atoms with Gasteiger partial charge in [-0.15, -0.1) is 35.7 Å². The van der Waals surface area contributed by atoms with Crippen LogP contribution in [0.5, 0.6) is 0 Å². The number of benzene rings is 1. The summed E-state index contributed by atoms with van der Waals surface area (Å²) in [6, 6.07) is 10.6. The molecular formula is C16H23BrIN3S. The maximum absolute atomic E-state index is 4.36. The van der Waals surface area contributed by atoms with Crippen LogP contribution in [0.3, 0.4) is 0 Å². The molecule has 1 atom stereocenters. The Bertz CT molecular complexity index is 495. The Balaban J connectivity index is 0.00000242. The molecule has 1 saturated heterocycles. The molecule has 1 unspecified atom stereocenters. The van der Waals surface area contributed by atoms with Gasteiger partial charge in [0.25, 0.3) is 0 Å². The number of nitrogens with zero attached hydrogens (tertiary/aromatic N) is 2. The van der Waals surface area contributed by atoms with Crippen LogP contribution < -0.4 is 5.32 Å². The average Bonchev–Trinajstić information content (AvgIpc) is 2.95. The van der Waals surface area contributed by atoms with Crippen molar-refractivity contribution in [1.82, 2.24) is 10.2 Å². The Kier molecular flexibility index (Phi) is 9.51. The number of guanidine groups is 1. The number of likely N-dealkylation sites (tertiary alicyclic amines) is 1. The van der Waals surface area contributed by atoms with Gasteiger partial charge in [0.1, 0.15) is 0 Å². The molecular weight excluding hydrogens is 473 g/mol. The molecule has 0 amide bonds. The minimum absolute atomic E-state index is 0. The van der Waals surface area contributed by atoms with Crippen LogP contribution in [0, 0.1) is 5.92 Å². The summed E-state index contributed by atoms with van der Waals surface area (Å²) in [7, 11) is 1.84. The fraction of sp³-hybridized carbons (Fsp3) is 0.438. The Labute approximate surface area is 163 Å². The van der Waals surface area contributed by atoms with E-state index in [-0.39, 0.29) is 24.0 Å². The lowest BCUT2D eigenvalue weighted by Gasteiger charge is -2.21. The van der Waals surface area contributed by atoms with Crippen molar-refractivity contribution in [2.45, 2.75) is 11.3 Å². The first-order chi connectivity index (χ1) is 10.2. The zero-order valence-electron chi connectivity index (χ0n) is 12.8. The van der Waals surface area contributed by atoms with Gasteiger partial charge in [0, 0.05) is 41.8 Å². The van der Waals surface area contributed by atoms with Crippen molar-refractivity contribution >= 4 is 57.6 Å². The van der Waals surface area contributed by atoms with Crippen LogP contribution in [0.1, 0.15) is 6.42 Å². The third-order valence-electron chi connectivity index (χ3n) is 3.46. The molecule has 2 rings (SSSR count). The molecule has 3 nitrogen and oxygen atoms in total. The third-order valence-corrected chi connectivity index (χ3v) is 4.99. The van der Waals surface area contributed by atoms with Gasteiger partial charge in [-0.1, -0.05) is 40.7 Å². The lowest BCUT2D eigenvalue weighted by Crippen LogP contribution is -2.40. The maximum atomic E-state index is 4.36. The number of rotatable bonds is 5. The highest BCUT2D eigenvalue weighted by molar-refractivity contribution is 14.0. The lowest BCUT2D eigenvalue weighted by molar-refractivity contribution is 0.478. The van der Waals surface area contributed by atoms with Gasteiger partial charge in [-0.2, -0.15) is 0 Å². The normalized spacial score (nSPS) is 18.0. The van der Waals surface area contributed by atoms with Crippen LogP contribution in [0.2, 0.25) is 0 Å². The van der Waals surface area contributed by atoms with Gasteiger partial charge in [0.15, 0.2) is 5.96 Å². The molecule has 22 heavy (non-hydrogen) atoms. The van der Waals surface area contributed by atoms with Crippen LogP contribution >= 0.6 is 51.7 Å². The van der Waals surface area contributed by atoms with E-state index < -0.39 is 0 Å². The molecule has 0 spiro atoms. The molecule has 1 aromatic carbocycles. The maximum Gasteiger partial charge on any atom is 0.193 e. The highest BCUT2D eigenvalue weighted by atomic mass is 127. The van der Waals surface area contributed by atoms with E-state index in [4.69, 9.17) is 0 Å². The van der Waals surface area contributed by atoms with E-state index in [1.165, 1.54) is 17.1 Å². The van der Waals surface area contributed by atoms with E-state index in [2.05, 4.69) is 68.0 Å². The van der Waals surface area contributed by atoms with Crippen molar-refractivity contribution in [3.8, 4) is 0 Å². The second-order valence-corrected chi connectivity index (χ2v) is 7.36. The van der Waals surface area contributed by atoms with Gasteiger partial charge >= 0.3 is 0 Å². The van der Waals surface area contributed by atoms with Gasteiger partial charge < -0.3 is 10.2 Å². The fourth-order valence-corrected chi connectivity index (χ4v) is 3.59. The number of aliphatic imine (C=N–C) groups is 1. The van der Waals surface area contributed by atoms with E-state index in [1.807, 2.05) is 18.8 Å². The van der Waals surface area contributed by atoms with Crippen molar-refractivity contribution in [2.75, 3.05) is 32.4 Å². The molecule has 1 aromatic rings. The van der Waals surface area contributed by atoms with E-state index in [1.54, 1.807) is 0 Å². The molecule has 1 heterocycles. The smallest absolute Gasteiger partial charge is 0.193 e. The molecule has 6 heteroatoms. The Morgan fingerprint density at radius 2 is 2.18 bits per heavy atom. The van der Waals surface area contributed by atoms with Crippen LogP contribution in [-0.4, -0.2) is 43.3 Å². The van der Waals surface area contributed by atoms with Crippen molar-refractivity contribution in [3.05, 3.63) is 41.4 Å². The number of thioether (sulfide) groups is 1. The molecule has 0 bridgehead atoms. The molecule has 1 fully saturated rings. The number of hydrogen-bond acceptors (Lipinski definition) is 2. The van der Waals surface area contributed by atoms with Crippen LogP contribution in [0.25, 0.3) is 0 Å². The van der Waals surface area contributed by atoms with Gasteiger partial charge in [-0.05, 0) is 24.5 Å². The number of nitrogens with one attached hydrogen (secondary N) is 1. The largest absolute Gasteiger partial charge is 0.352 e. The van der Waals surface area contributed by atoms with Crippen molar-refractivity contribution < 1.29 is 0 Å².